The number of hydrogen-bond donors (Lipinski definition) is 0. The molecule has 0 saturated carbocycles. The molecule has 2 aromatic heterocycles. The Bertz CT molecular complexity index is 658. The van der Waals surface area contributed by atoms with E-state index in [1.807, 2.05) is 35.0 Å². The Hall–Kier alpha value is -2.16. The van der Waals surface area contributed by atoms with Crippen LogP contribution in [0.3, 0.4) is 0 Å². The number of benzene rings is 1. The molecule has 0 N–H and O–H groups in total. The third-order valence-corrected chi connectivity index (χ3v) is 2.76. The molecule has 1 aromatic carbocycles. The van der Waals surface area contributed by atoms with Crippen molar-refractivity contribution in [2.24, 2.45) is 0 Å². The summed E-state index contributed by atoms with van der Waals surface area (Å²) in [6.07, 6.45) is 3.74. The van der Waals surface area contributed by atoms with Gasteiger partial charge < -0.3 is 4.57 Å². The van der Waals surface area contributed by atoms with Crippen molar-refractivity contribution >= 4 is 11.0 Å². The van der Waals surface area contributed by atoms with Gasteiger partial charge in [0.25, 0.3) is 0 Å². The van der Waals surface area contributed by atoms with E-state index in [0.717, 1.165) is 16.6 Å². The summed E-state index contributed by atoms with van der Waals surface area (Å²) in [7, 11) is 0. The number of hydrogen-bond acceptors (Lipinski definition) is 1. The fourth-order valence-corrected chi connectivity index (χ4v) is 1.98. The summed E-state index contributed by atoms with van der Waals surface area (Å²) in [6.45, 7) is 0.637. The Kier molecular flexibility index (Phi) is 2.37. The molecule has 17 heavy (non-hydrogen) atoms. The minimum Gasteiger partial charge on any atom is -0.328 e. The van der Waals surface area contributed by atoms with Crippen molar-refractivity contribution in [2.45, 2.75) is 6.54 Å². The summed E-state index contributed by atoms with van der Waals surface area (Å²) in [5.41, 5.74) is 1.87. The maximum atomic E-state index is 13.1. The van der Waals surface area contributed by atoms with Crippen LogP contribution in [0.4, 0.5) is 4.39 Å². The fraction of sp³-hybridized carbons (Fsp3) is 0.0714. The van der Waals surface area contributed by atoms with E-state index in [-0.39, 0.29) is 5.82 Å². The average Bonchev–Trinajstić information content (AvgIpc) is 2.73. The number of halogens is 1. The molecular weight excluding hydrogens is 215 g/mol. The Morgan fingerprint density at radius 3 is 2.94 bits per heavy atom. The first-order valence-electron chi connectivity index (χ1n) is 5.47. The van der Waals surface area contributed by atoms with E-state index in [2.05, 4.69) is 4.98 Å². The lowest BCUT2D eigenvalue weighted by atomic mass is 10.2. The second-order valence-corrected chi connectivity index (χ2v) is 3.99. The fourth-order valence-electron chi connectivity index (χ4n) is 1.98. The van der Waals surface area contributed by atoms with Crippen molar-refractivity contribution in [1.29, 1.82) is 0 Å². The van der Waals surface area contributed by atoms with Crippen LogP contribution < -0.4 is 0 Å². The van der Waals surface area contributed by atoms with Crippen molar-refractivity contribution in [3.63, 3.8) is 0 Å². The summed E-state index contributed by atoms with van der Waals surface area (Å²) in [4.78, 5) is 4.33. The number of aromatic nitrogens is 2. The lowest BCUT2D eigenvalue weighted by Crippen LogP contribution is -1.99. The number of pyridine rings is 1. The highest BCUT2D eigenvalue weighted by Crippen LogP contribution is 2.14. The molecule has 0 amide bonds. The van der Waals surface area contributed by atoms with Gasteiger partial charge in [-0.2, -0.15) is 0 Å². The number of rotatable bonds is 2. The third kappa shape index (κ3) is 1.91. The average molecular weight is 226 g/mol. The van der Waals surface area contributed by atoms with Crippen molar-refractivity contribution in [2.75, 3.05) is 0 Å². The molecule has 0 spiro atoms. The first kappa shape index (κ1) is 10.0. The van der Waals surface area contributed by atoms with E-state index >= 15 is 0 Å². The first-order valence-corrected chi connectivity index (χ1v) is 5.47. The highest BCUT2D eigenvalue weighted by atomic mass is 19.1. The van der Waals surface area contributed by atoms with Crippen LogP contribution in [0.1, 0.15) is 5.56 Å². The van der Waals surface area contributed by atoms with Crippen molar-refractivity contribution in [1.82, 2.24) is 9.55 Å². The molecule has 84 valence electrons. The molecule has 3 aromatic rings. The van der Waals surface area contributed by atoms with Crippen molar-refractivity contribution < 1.29 is 4.39 Å². The van der Waals surface area contributed by atoms with E-state index < -0.39 is 0 Å². The molecule has 0 radical (unpaired) electrons. The molecule has 0 fully saturated rings. The van der Waals surface area contributed by atoms with Crippen LogP contribution in [0.25, 0.3) is 11.0 Å². The van der Waals surface area contributed by atoms with Crippen LogP contribution in [0.15, 0.2) is 54.9 Å². The van der Waals surface area contributed by atoms with Crippen LogP contribution in [0, 0.1) is 5.82 Å². The van der Waals surface area contributed by atoms with Crippen LogP contribution in [-0.4, -0.2) is 9.55 Å². The SMILES string of the molecule is Fc1cccc(Cn2ccc3cccnc32)c1. The number of fused-ring (bicyclic) bond motifs is 1. The van der Waals surface area contributed by atoms with Gasteiger partial charge in [-0.15, -0.1) is 0 Å². The molecule has 0 atom stereocenters. The molecule has 3 heteroatoms. The zero-order chi connectivity index (χ0) is 11.7. The molecule has 3 rings (SSSR count). The van der Waals surface area contributed by atoms with Gasteiger partial charge in [-0.1, -0.05) is 12.1 Å². The largest absolute Gasteiger partial charge is 0.328 e. The van der Waals surface area contributed by atoms with Gasteiger partial charge in [0.05, 0.1) is 0 Å². The highest BCUT2D eigenvalue weighted by molar-refractivity contribution is 5.75. The minimum atomic E-state index is -0.202. The molecule has 2 nitrogen and oxygen atoms in total. The summed E-state index contributed by atoms with van der Waals surface area (Å²) in [5, 5.41) is 1.10. The van der Waals surface area contributed by atoms with Crippen molar-refractivity contribution in [3.8, 4) is 0 Å². The molecule has 0 bridgehead atoms. The Morgan fingerprint density at radius 2 is 2.06 bits per heavy atom. The molecule has 2 heterocycles. The molecule has 0 aliphatic heterocycles. The van der Waals surface area contributed by atoms with Crippen LogP contribution >= 0.6 is 0 Å². The topological polar surface area (TPSA) is 17.8 Å². The summed E-state index contributed by atoms with van der Waals surface area (Å²) in [5.74, 6) is -0.202. The Labute approximate surface area is 98.3 Å². The zero-order valence-electron chi connectivity index (χ0n) is 9.18. The summed E-state index contributed by atoms with van der Waals surface area (Å²) < 4.78 is 15.1. The van der Waals surface area contributed by atoms with Gasteiger partial charge in [0, 0.05) is 24.3 Å². The van der Waals surface area contributed by atoms with Crippen molar-refractivity contribution in [3.05, 3.63) is 66.2 Å². The first-order chi connectivity index (χ1) is 8.33. The summed E-state index contributed by atoms with van der Waals surface area (Å²) in [6, 6.07) is 12.6. The third-order valence-electron chi connectivity index (χ3n) is 2.76. The lowest BCUT2D eigenvalue weighted by molar-refractivity contribution is 0.624. The second kappa shape index (κ2) is 4.01. The molecule has 0 aliphatic carbocycles. The number of nitrogens with zero attached hydrogens (tertiary/aromatic N) is 2. The van der Waals surface area contributed by atoms with E-state index in [9.17, 15) is 4.39 Å². The van der Waals surface area contributed by atoms with Gasteiger partial charge in [0.1, 0.15) is 11.5 Å². The van der Waals surface area contributed by atoms with E-state index in [0.29, 0.717) is 6.54 Å². The predicted octanol–water partition coefficient (Wildman–Crippen LogP) is 3.22. The molecule has 0 saturated heterocycles. The van der Waals surface area contributed by atoms with Gasteiger partial charge >= 0.3 is 0 Å². The van der Waals surface area contributed by atoms with Gasteiger partial charge in [0.15, 0.2) is 0 Å². The van der Waals surface area contributed by atoms with E-state index in [1.54, 1.807) is 18.3 Å². The normalized spacial score (nSPS) is 10.9. The van der Waals surface area contributed by atoms with Crippen LogP contribution in [-0.2, 0) is 6.54 Å². The van der Waals surface area contributed by atoms with E-state index in [1.165, 1.54) is 6.07 Å². The second-order valence-electron chi connectivity index (χ2n) is 3.99. The Balaban J connectivity index is 2.00. The molecule has 0 unspecified atom stereocenters. The van der Waals surface area contributed by atoms with Gasteiger partial charge in [-0.25, -0.2) is 9.37 Å². The highest BCUT2D eigenvalue weighted by Gasteiger charge is 2.02. The van der Waals surface area contributed by atoms with Gasteiger partial charge in [-0.3, -0.25) is 0 Å². The zero-order valence-corrected chi connectivity index (χ0v) is 9.18. The smallest absolute Gasteiger partial charge is 0.140 e. The van der Waals surface area contributed by atoms with Crippen LogP contribution in [0.5, 0.6) is 0 Å². The van der Waals surface area contributed by atoms with Gasteiger partial charge in [0.2, 0.25) is 0 Å². The molecule has 0 aliphatic rings. The quantitative estimate of drug-likeness (QED) is 0.656. The van der Waals surface area contributed by atoms with Gasteiger partial charge in [-0.05, 0) is 35.9 Å². The summed E-state index contributed by atoms with van der Waals surface area (Å²) >= 11 is 0. The maximum Gasteiger partial charge on any atom is 0.140 e. The van der Waals surface area contributed by atoms with E-state index in [4.69, 9.17) is 0 Å². The van der Waals surface area contributed by atoms with Crippen LogP contribution in [0.2, 0.25) is 0 Å². The molecular formula is C14H11FN2. The standard InChI is InChI=1S/C14H11FN2/c15-13-5-1-3-11(9-13)10-17-8-6-12-4-2-7-16-14(12)17/h1-9H,10H2. The lowest BCUT2D eigenvalue weighted by Gasteiger charge is -2.04. The monoisotopic (exact) mass is 226 g/mol. The maximum absolute atomic E-state index is 13.1. The minimum absolute atomic E-state index is 0.202. The Morgan fingerprint density at radius 1 is 1.12 bits per heavy atom. The predicted molar refractivity (Wildman–Crippen MR) is 65.2 cm³/mol.